The summed E-state index contributed by atoms with van der Waals surface area (Å²) in [5.41, 5.74) is 6.97. The van der Waals surface area contributed by atoms with Gasteiger partial charge in [0.25, 0.3) is 10.0 Å². The molecule has 0 heterocycles. The minimum atomic E-state index is -3.72. The van der Waals surface area contributed by atoms with Gasteiger partial charge in [-0.25, -0.2) is 8.42 Å². The summed E-state index contributed by atoms with van der Waals surface area (Å²) < 4.78 is 32.2. The summed E-state index contributed by atoms with van der Waals surface area (Å²) in [5, 5.41) is 0.360. The number of ether oxygens (including phenoxy) is 1. The van der Waals surface area contributed by atoms with E-state index >= 15 is 0 Å². The number of nitrogens with two attached hydrogens (primary N) is 1. The molecule has 0 unspecified atom stereocenters. The summed E-state index contributed by atoms with van der Waals surface area (Å²) in [7, 11) is -2.18. The number of aryl methyl sites for hydroxylation is 1. The lowest BCUT2D eigenvalue weighted by Gasteiger charge is -2.11. The number of anilines is 2. The average molecular weight is 327 g/mol. The van der Waals surface area contributed by atoms with Gasteiger partial charge in [-0.05, 0) is 48.9 Å². The predicted octanol–water partition coefficient (Wildman–Crippen LogP) is 3.04. The Morgan fingerprint density at radius 1 is 1.19 bits per heavy atom. The van der Waals surface area contributed by atoms with Crippen LogP contribution in [-0.2, 0) is 10.0 Å². The molecule has 0 saturated carbocycles. The maximum absolute atomic E-state index is 12.3. The van der Waals surface area contributed by atoms with E-state index in [9.17, 15) is 8.42 Å². The van der Waals surface area contributed by atoms with Crippen molar-refractivity contribution in [3.63, 3.8) is 0 Å². The van der Waals surface area contributed by atoms with Gasteiger partial charge in [-0.3, -0.25) is 4.72 Å². The molecule has 0 amide bonds. The molecule has 0 fully saturated rings. The second-order valence-corrected chi connectivity index (χ2v) is 6.54. The number of methoxy groups -OCH3 is 1. The Balaban J connectivity index is 2.33. The van der Waals surface area contributed by atoms with Gasteiger partial charge in [0.15, 0.2) is 0 Å². The largest absolute Gasteiger partial charge is 0.497 e. The molecule has 0 aliphatic carbocycles. The quantitative estimate of drug-likeness (QED) is 0.846. The second-order valence-electron chi connectivity index (χ2n) is 4.48. The van der Waals surface area contributed by atoms with Crippen molar-refractivity contribution < 1.29 is 13.2 Å². The van der Waals surface area contributed by atoms with Crippen LogP contribution in [0.5, 0.6) is 5.75 Å². The van der Waals surface area contributed by atoms with Crippen LogP contribution in [0, 0.1) is 6.92 Å². The Hall–Kier alpha value is -1.92. The van der Waals surface area contributed by atoms with E-state index in [1.165, 1.54) is 12.1 Å². The highest BCUT2D eigenvalue weighted by atomic mass is 35.5. The third-order valence-electron chi connectivity index (χ3n) is 2.91. The molecule has 0 aliphatic heterocycles. The van der Waals surface area contributed by atoms with Crippen LogP contribution in [0.25, 0.3) is 0 Å². The molecule has 5 nitrogen and oxygen atoms in total. The molecule has 0 saturated heterocycles. The normalized spacial score (nSPS) is 11.2. The Morgan fingerprint density at radius 3 is 2.33 bits per heavy atom. The smallest absolute Gasteiger partial charge is 0.261 e. The topological polar surface area (TPSA) is 81.4 Å². The third-order valence-corrected chi connectivity index (χ3v) is 4.79. The molecule has 2 rings (SSSR count). The standard InChI is InChI=1S/C14H15ClN2O3S/c1-9-7-12(8-13(16)14(9)15)21(18,19)17-10-3-5-11(20-2)6-4-10/h3-8,17H,16H2,1-2H3. The van der Waals surface area contributed by atoms with Gasteiger partial charge < -0.3 is 10.5 Å². The summed E-state index contributed by atoms with van der Waals surface area (Å²) in [5.74, 6) is 0.643. The first-order valence-electron chi connectivity index (χ1n) is 6.06. The summed E-state index contributed by atoms with van der Waals surface area (Å²) in [6.07, 6.45) is 0. The molecule has 112 valence electrons. The fourth-order valence-corrected chi connectivity index (χ4v) is 3.08. The number of hydrogen-bond acceptors (Lipinski definition) is 4. The molecule has 2 aromatic rings. The summed E-state index contributed by atoms with van der Waals surface area (Å²) >= 11 is 5.94. The molecule has 3 N–H and O–H groups in total. The fourth-order valence-electron chi connectivity index (χ4n) is 1.79. The van der Waals surface area contributed by atoms with E-state index < -0.39 is 10.0 Å². The summed E-state index contributed by atoms with van der Waals surface area (Å²) in [6.45, 7) is 1.70. The van der Waals surface area contributed by atoms with Crippen molar-refractivity contribution in [1.29, 1.82) is 0 Å². The number of nitrogens with one attached hydrogen (secondary N) is 1. The fraction of sp³-hybridized carbons (Fsp3) is 0.143. The van der Waals surface area contributed by atoms with E-state index in [-0.39, 0.29) is 10.6 Å². The van der Waals surface area contributed by atoms with Crippen molar-refractivity contribution >= 4 is 33.0 Å². The van der Waals surface area contributed by atoms with Crippen LogP contribution >= 0.6 is 11.6 Å². The van der Waals surface area contributed by atoms with E-state index in [0.29, 0.717) is 22.0 Å². The van der Waals surface area contributed by atoms with Crippen LogP contribution in [0.1, 0.15) is 5.56 Å². The highest BCUT2D eigenvalue weighted by Gasteiger charge is 2.17. The zero-order valence-corrected chi connectivity index (χ0v) is 13.1. The first-order valence-corrected chi connectivity index (χ1v) is 7.92. The second kappa shape index (κ2) is 5.83. The lowest BCUT2D eigenvalue weighted by atomic mass is 10.2. The minimum Gasteiger partial charge on any atom is -0.497 e. The van der Waals surface area contributed by atoms with Crippen LogP contribution in [0.3, 0.4) is 0 Å². The Morgan fingerprint density at radius 2 is 1.81 bits per heavy atom. The van der Waals surface area contributed by atoms with Crippen molar-refractivity contribution in [2.45, 2.75) is 11.8 Å². The van der Waals surface area contributed by atoms with Gasteiger partial charge in [0.2, 0.25) is 0 Å². The van der Waals surface area contributed by atoms with E-state index in [1.807, 2.05) is 0 Å². The van der Waals surface area contributed by atoms with Gasteiger partial charge >= 0.3 is 0 Å². The highest BCUT2D eigenvalue weighted by Crippen LogP contribution is 2.28. The van der Waals surface area contributed by atoms with E-state index in [2.05, 4.69) is 4.72 Å². The molecule has 7 heteroatoms. The van der Waals surface area contributed by atoms with Crippen LogP contribution in [0.4, 0.5) is 11.4 Å². The van der Waals surface area contributed by atoms with Crippen LogP contribution in [0.15, 0.2) is 41.3 Å². The number of hydrogen-bond donors (Lipinski definition) is 2. The van der Waals surface area contributed by atoms with E-state index in [4.69, 9.17) is 22.1 Å². The number of sulfonamides is 1. The highest BCUT2D eigenvalue weighted by molar-refractivity contribution is 7.92. The first-order chi connectivity index (χ1) is 9.83. The van der Waals surface area contributed by atoms with Crippen molar-refractivity contribution in [3.05, 3.63) is 47.0 Å². The Labute approximate surface area is 128 Å². The zero-order chi connectivity index (χ0) is 15.6. The number of benzene rings is 2. The molecule has 2 aromatic carbocycles. The SMILES string of the molecule is COc1ccc(NS(=O)(=O)c2cc(C)c(Cl)c(N)c2)cc1. The maximum atomic E-state index is 12.3. The van der Waals surface area contributed by atoms with Gasteiger partial charge in [-0.2, -0.15) is 0 Å². The molecular weight excluding hydrogens is 312 g/mol. The van der Waals surface area contributed by atoms with Gasteiger partial charge in [0.1, 0.15) is 5.75 Å². The Bertz CT molecular complexity index is 735. The van der Waals surface area contributed by atoms with E-state index in [0.717, 1.165) is 0 Å². The van der Waals surface area contributed by atoms with Crippen molar-refractivity contribution in [1.82, 2.24) is 0 Å². The van der Waals surface area contributed by atoms with Gasteiger partial charge in [-0.1, -0.05) is 11.6 Å². The first kappa shape index (κ1) is 15.5. The zero-order valence-electron chi connectivity index (χ0n) is 11.6. The number of halogens is 1. The minimum absolute atomic E-state index is 0.0673. The molecule has 21 heavy (non-hydrogen) atoms. The molecule has 0 aliphatic rings. The van der Waals surface area contributed by atoms with Gasteiger partial charge in [-0.15, -0.1) is 0 Å². The van der Waals surface area contributed by atoms with Crippen molar-refractivity contribution in [2.24, 2.45) is 0 Å². The molecule has 0 aromatic heterocycles. The van der Waals surface area contributed by atoms with Gasteiger partial charge in [0.05, 0.1) is 22.7 Å². The predicted molar refractivity (Wildman–Crippen MR) is 84.4 cm³/mol. The monoisotopic (exact) mass is 326 g/mol. The lowest BCUT2D eigenvalue weighted by Crippen LogP contribution is -2.13. The number of nitrogen functional groups attached to an aromatic ring is 1. The lowest BCUT2D eigenvalue weighted by molar-refractivity contribution is 0.415. The van der Waals surface area contributed by atoms with Crippen LogP contribution < -0.4 is 15.2 Å². The molecular formula is C14H15ClN2O3S. The van der Waals surface area contributed by atoms with Crippen LogP contribution in [0.2, 0.25) is 5.02 Å². The summed E-state index contributed by atoms with van der Waals surface area (Å²) in [6, 6.07) is 9.37. The maximum Gasteiger partial charge on any atom is 0.261 e. The van der Waals surface area contributed by atoms with E-state index in [1.54, 1.807) is 38.3 Å². The van der Waals surface area contributed by atoms with Gasteiger partial charge in [0, 0.05) is 5.69 Å². The third kappa shape index (κ3) is 3.40. The van der Waals surface area contributed by atoms with Crippen LogP contribution in [-0.4, -0.2) is 15.5 Å². The molecule has 0 atom stereocenters. The molecule has 0 bridgehead atoms. The summed E-state index contributed by atoms with van der Waals surface area (Å²) in [4.78, 5) is 0.0673. The Kier molecular flexibility index (Phi) is 4.29. The van der Waals surface area contributed by atoms with Crippen molar-refractivity contribution in [3.8, 4) is 5.75 Å². The molecule has 0 radical (unpaired) electrons. The van der Waals surface area contributed by atoms with Crippen molar-refractivity contribution in [2.75, 3.05) is 17.6 Å². The average Bonchev–Trinajstić information content (AvgIpc) is 2.44. The number of rotatable bonds is 4. The molecule has 0 spiro atoms.